The number of aryl methyl sites for hydroxylation is 1. The van der Waals surface area contributed by atoms with Crippen LogP contribution < -0.4 is 0 Å². The Bertz CT molecular complexity index is 583. The van der Waals surface area contributed by atoms with Crippen molar-refractivity contribution in [3.05, 3.63) is 51.8 Å². The second-order valence-electron chi connectivity index (χ2n) is 5.21. The molecule has 4 heteroatoms. The molecule has 0 aliphatic heterocycles. The highest BCUT2D eigenvalue weighted by molar-refractivity contribution is 6.31. The lowest BCUT2D eigenvalue weighted by Crippen LogP contribution is -2.02. The van der Waals surface area contributed by atoms with Crippen molar-refractivity contribution < 1.29 is 0 Å². The van der Waals surface area contributed by atoms with Crippen molar-refractivity contribution in [1.82, 2.24) is 9.78 Å². The van der Waals surface area contributed by atoms with Gasteiger partial charge in [0.15, 0.2) is 0 Å². The van der Waals surface area contributed by atoms with Crippen molar-refractivity contribution in [2.45, 2.75) is 38.1 Å². The number of hydrogen-bond donors (Lipinski definition) is 0. The van der Waals surface area contributed by atoms with Crippen molar-refractivity contribution in [3.63, 3.8) is 0 Å². The largest absolute Gasteiger partial charge is 0.249 e. The van der Waals surface area contributed by atoms with Gasteiger partial charge in [0.1, 0.15) is 5.15 Å². The molecule has 0 saturated heterocycles. The summed E-state index contributed by atoms with van der Waals surface area (Å²) in [7, 11) is 0. The van der Waals surface area contributed by atoms with Gasteiger partial charge in [-0.2, -0.15) is 5.10 Å². The van der Waals surface area contributed by atoms with Crippen LogP contribution in [0.5, 0.6) is 0 Å². The monoisotopic (exact) mass is 294 g/mol. The predicted molar refractivity (Wildman–Crippen MR) is 79.1 cm³/mol. The molecule has 1 aromatic carbocycles. The van der Waals surface area contributed by atoms with Crippen LogP contribution >= 0.6 is 23.2 Å². The molecule has 3 rings (SSSR count). The first-order chi connectivity index (χ1) is 9.19. The van der Waals surface area contributed by atoms with E-state index < -0.39 is 0 Å². The number of alkyl halides is 1. The Morgan fingerprint density at radius 1 is 1.26 bits per heavy atom. The van der Waals surface area contributed by atoms with Crippen LogP contribution in [0.4, 0.5) is 0 Å². The van der Waals surface area contributed by atoms with Gasteiger partial charge in [-0.3, -0.25) is 0 Å². The maximum atomic E-state index is 6.40. The Labute approximate surface area is 123 Å². The maximum Gasteiger partial charge on any atom is 0.132 e. The third-order valence-corrected chi connectivity index (χ3v) is 4.25. The summed E-state index contributed by atoms with van der Waals surface area (Å²) in [6, 6.07) is 8.45. The molecule has 2 nitrogen and oxygen atoms in total. The third-order valence-electron chi connectivity index (χ3n) is 3.56. The summed E-state index contributed by atoms with van der Waals surface area (Å²) in [5, 5.41) is 5.35. The summed E-state index contributed by atoms with van der Waals surface area (Å²) < 4.78 is 1.87. The normalized spacial score (nSPS) is 14.9. The van der Waals surface area contributed by atoms with E-state index in [2.05, 4.69) is 36.3 Å². The molecule has 100 valence electrons. The molecule has 0 atom stereocenters. The van der Waals surface area contributed by atoms with Crippen LogP contribution in [-0.2, 0) is 12.4 Å². The van der Waals surface area contributed by atoms with Crippen LogP contribution in [0.25, 0.3) is 0 Å². The first kappa shape index (κ1) is 13.0. The van der Waals surface area contributed by atoms with Crippen LogP contribution in [0.15, 0.2) is 24.3 Å². The quantitative estimate of drug-likeness (QED) is 0.759. The minimum absolute atomic E-state index is 0.443. The zero-order valence-corrected chi connectivity index (χ0v) is 12.4. The molecule has 2 aromatic rings. The summed E-state index contributed by atoms with van der Waals surface area (Å²) in [5.74, 6) is 1.02. The summed E-state index contributed by atoms with van der Waals surface area (Å²) in [6.45, 7) is 2.79. The van der Waals surface area contributed by atoms with Crippen molar-refractivity contribution in [3.8, 4) is 0 Å². The third kappa shape index (κ3) is 2.65. The van der Waals surface area contributed by atoms with Gasteiger partial charge in [-0.25, -0.2) is 4.68 Å². The molecule has 0 amide bonds. The molecule has 1 aliphatic rings. The van der Waals surface area contributed by atoms with Crippen molar-refractivity contribution >= 4 is 23.2 Å². The van der Waals surface area contributed by atoms with Crippen LogP contribution in [0.1, 0.15) is 41.1 Å². The first-order valence-corrected chi connectivity index (χ1v) is 7.47. The predicted octanol–water partition coefficient (Wildman–Crippen LogP) is 4.51. The second kappa shape index (κ2) is 5.18. The fraction of sp³-hybridized carbons (Fsp3) is 0.400. The molecule has 1 fully saturated rings. The molecular weight excluding hydrogens is 279 g/mol. The van der Waals surface area contributed by atoms with Gasteiger partial charge in [-0.1, -0.05) is 41.4 Å². The van der Waals surface area contributed by atoms with E-state index in [0.717, 1.165) is 11.3 Å². The van der Waals surface area contributed by atoms with Gasteiger partial charge >= 0.3 is 0 Å². The summed E-state index contributed by atoms with van der Waals surface area (Å²) >= 11 is 12.4. The van der Waals surface area contributed by atoms with E-state index in [1.54, 1.807) is 0 Å². The highest BCUT2D eigenvalue weighted by atomic mass is 35.5. The zero-order valence-electron chi connectivity index (χ0n) is 10.9. The van der Waals surface area contributed by atoms with E-state index in [1.807, 2.05) is 4.68 Å². The molecule has 0 radical (unpaired) electrons. The lowest BCUT2D eigenvalue weighted by atomic mass is 10.1. The standard InChI is InChI=1S/C15H16Cl2N2/c1-10-2-4-11(5-3-10)9-19-15(17)13(8-16)14(18-19)12-6-7-12/h2-5,12H,6-9H2,1H3. The van der Waals surface area contributed by atoms with E-state index >= 15 is 0 Å². The fourth-order valence-corrected chi connectivity index (χ4v) is 2.87. The Morgan fingerprint density at radius 2 is 1.95 bits per heavy atom. The molecule has 1 heterocycles. The van der Waals surface area contributed by atoms with Crippen LogP contribution in [-0.4, -0.2) is 9.78 Å². The molecule has 0 bridgehead atoms. The fourth-order valence-electron chi connectivity index (χ4n) is 2.28. The SMILES string of the molecule is Cc1ccc(Cn2nc(C3CC3)c(CCl)c2Cl)cc1. The molecule has 0 unspecified atom stereocenters. The highest BCUT2D eigenvalue weighted by Crippen LogP contribution is 2.43. The lowest BCUT2D eigenvalue weighted by molar-refractivity contribution is 0.673. The Morgan fingerprint density at radius 3 is 2.53 bits per heavy atom. The van der Waals surface area contributed by atoms with E-state index in [4.69, 9.17) is 23.2 Å². The molecule has 0 N–H and O–H groups in total. The second-order valence-corrected chi connectivity index (χ2v) is 5.83. The van der Waals surface area contributed by atoms with Crippen molar-refractivity contribution in [1.29, 1.82) is 0 Å². The van der Waals surface area contributed by atoms with Crippen LogP contribution in [0, 0.1) is 6.92 Å². The number of aromatic nitrogens is 2. The number of benzene rings is 1. The van der Waals surface area contributed by atoms with E-state index in [-0.39, 0.29) is 0 Å². The minimum Gasteiger partial charge on any atom is -0.249 e. The van der Waals surface area contributed by atoms with Crippen molar-refractivity contribution in [2.75, 3.05) is 0 Å². The summed E-state index contributed by atoms with van der Waals surface area (Å²) in [5.41, 5.74) is 4.58. The van der Waals surface area contributed by atoms with Crippen LogP contribution in [0.2, 0.25) is 5.15 Å². The summed E-state index contributed by atoms with van der Waals surface area (Å²) in [4.78, 5) is 0. The average Bonchev–Trinajstić information content (AvgIpc) is 3.19. The van der Waals surface area contributed by atoms with E-state index in [9.17, 15) is 0 Å². The number of rotatable bonds is 4. The number of nitrogens with zero attached hydrogens (tertiary/aromatic N) is 2. The first-order valence-electron chi connectivity index (χ1n) is 6.55. The minimum atomic E-state index is 0.443. The van der Waals surface area contributed by atoms with Gasteiger partial charge in [0.05, 0.1) is 18.1 Å². The summed E-state index contributed by atoms with van der Waals surface area (Å²) in [6.07, 6.45) is 2.42. The van der Waals surface area contributed by atoms with Crippen LogP contribution in [0.3, 0.4) is 0 Å². The Kier molecular flexibility index (Phi) is 3.55. The molecule has 19 heavy (non-hydrogen) atoms. The maximum absolute atomic E-state index is 6.40. The molecule has 1 aliphatic carbocycles. The average molecular weight is 295 g/mol. The van der Waals surface area contributed by atoms with Crippen molar-refractivity contribution in [2.24, 2.45) is 0 Å². The van der Waals surface area contributed by atoms with Gasteiger partial charge in [0, 0.05) is 11.5 Å². The van der Waals surface area contributed by atoms with E-state index in [1.165, 1.54) is 24.0 Å². The van der Waals surface area contributed by atoms with E-state index in [0.29, 0.717) is 23.5 Å². The van der Waals surface area contributed by atoms with Gasteiger partial charge in [0.25, 0.3) is 0 Å². The highest BCUT2D eigenvalue weighted by Gasteiger charge is 2.30. The van der Waals surface area contributed by atoms with Gasteiger partial charge in [0.2, 0.25) is 0 Å². The molecule has 1 saturated carbocycles. The number of halogens is 2. The Balaban J connectivity index is 1.90. The molecule has 1 aromatic heterocycles. The molecule has 0 spiro atoms. The smallest absolute Gasteiger partial charge is 0.132 e. The van der Waals surface area contributed by atoms with Gasteiger partial charge in [-0.15, -0.1) is 11.6 Å². The molecular formula is C15H16Cl2N2. The van der Waals surface area contributed by atoms with Gasteiger partial charge < -0.3 is 0 Å². The number of hydrogen-bond acceptors (Lipinski definition) is 1. The Hall–Kier alpha value is -0.990. The lowest BCUT2D eigenvalue weighted by Gasteiger charge is -2.04. The zero-order chi connectivity index (χ0) is 13.4. The van der Waals surface area contributed by atoms with Gasteiger partial charge in [-0.05, 0) is 25.3 Å². The topological polar surface area (TPSA) is 17.8 Å².